The van der Waals surface area contributed by atoms with E-state index in [1.54, 1.807) is 0 Å². The van der Waals surface area contributed by atoms with E-state index < -0.39 is 0 Å². The second-order valence-electron chi connectivity index (χ2n) is 4.13. The summed E-state index contributed by atoms with van der Waals surface area (Å²) in [6.45, 7) is 4.03. The summed E-state index contributed by atoms with van der Waals surface area (Å²) >= 11 is 0. The summed E-state index contributed by atoms with van der Waals surface area (Å²) in [7, 11) is 0. The Hall–Kier alpha value is 1.38. The van der Waals surface area contributed by atoms with Crippen LogP contribution in [0, 0.1) is 31.1 Å². The molecule has 0 aliphatic heterocycles. The van der Waals surface area contributed by atoms with Gasteiger partial charge in [0, 0.05) is 21.1 Å². The Morgan fingerprint density at radius 1 is 1.23 bits per heavy atom. The van der Waals surface area contributed by atoms with Crippen molar-refractivity contribution >= 4 is 0 Å². The maximum Gasteiger partial charge on any atom is 2.00 e. The molecule has 0 bridgehead atoms. The Balaban J connectivity index is 0.000000720. The van der Waals surface area contributed by atoms with Crippen LogP contribution in [-0.4, -0.2) is 0 Å². The summed E-state index contributed by atoms with van der Waals surface area (Å²) in [4.78, 5) is 0. The average molecular weight is 518 g/mol. The van der Waals surface area contributed by atoms with E-state index in [9.17, 15) is 0 Å². The molecule has 0 saturated heterocycles. The van der Waals surface area contributed by atoms with Crippen LogP contribution >= 0.6 is 0 Å². The molecule has 2 aliphatic carbocycles. The number of fused-ring (bicyclic) bond motifs is 1. The Morgan fingerprint density at radius 2 is 1.92 bits per heavy atom. The first-order valence-electron chi connectivity index (χ1n) is 5.04. The summed E-state index contributed by atoms with van der Waals surface area (Å²) in [5.74, 6) is 2.96. The fraction of sp³-hybridized carbons (Fsp3) is 0.818. The van der Waals surface area contributed by atoms with Gasteiger partial charge in [-0.1, -0.05) is 37.5 Å². The minimum absolute atomic E-state index is 0. The Bertz CT molecular complexity index is 130. The summed E-state index contributed by atoms with van der Waals surface area (Å²) < 4.78 is 0. The molecule has 2 heteroatoms. The van der Waals surface area contributed by atoms with Crippen molar-refractivity contribution in [1.29, 1.82) is 0 Å². The van der Waals surface area contributed by atoms with Gasteiger partial charge >= 0.3 is 21.1 Å². The van der Waals surface area contributed by atoms with Crippen molar-refractivity contribution in [3.05, 3.63) is 13.3 Å². The molecule has 0 aromatic heterocycles. The molecule has 2 saturated carbocycles. The Morgan fingerprint density at radius 3 is 2.62 bits per heavy atom. The SMILES string of the molecule is [CH2-]CC1[CH-]CC2CCCCC12.[W+2].[W]. The van der Waals surface area contributed by atoms with Gasteiger partial charge in [-0.05, 0) is 0 Å². The van der Waals surface area contributed by atoms with Crippen LogP contribution in [-0.2, 0) is 42.1 Å². The zero-order valence-corrected chi connectivity index (χ0v) is 13.9. The van der Waals surface area contributed by atoms with Crippen molar-refractivity contribution in [3.63, 3.8) is 0 Å². The van der Waals surface area contributed by atoms with Gasteiger partial charge in [0.1, 0.15) is 0 Å². The third-order valence-corrected chi connectivity index (χ3v) is 3.59. The fourth-order valence-electron chi connectivity index (χ4n) is 2.95. The van der Waals surface area contributed by atoms with Gasteiger partial charge < -0.3 is 13.3 Å². The van der Waals surface area contributed by atoms with Crippen LogP contribution in [0.2, 0.25) is 0 Å². The molecule has 0 amide bonds. The molecule has 3 atom stereocenters. The molecule has 2 rings (SSSR count). The first kappa shape index (κ1) is 14.4. The van der Waals surface area contributed by atoms with E-state index in [0.717, 1.165) is 24.2 Å². The molecule has 13 heavy (non-hydrogen) atoms. The molecule has 0 nitrogen and oxygen atoms in total. The van der Waals surface area contributed by atoms with Crippen LogP contribution in [0.5, 0.6) is 0 Å². The Labute approximate surface area is 111 Å². The summed E-state index contributed by atoms with van der Waals surface area (Å²) in [5, 5.41) is 0. The topological polar surface area (TPSA) is 0 Å². The van der Waals surface area contributed by atoms with E-state index in [0.29, 0.717) is 0 Å². The summed E-state index contributed by atoms with van der Waals surface area (Å²) in [5.41, 5.74) is 0. The van der Waals surface area contributed by atoms with Crippen molar-refractivity contribution < 1.29 is 42.1 Å². The van der Waals surface area contributed by atoms with Gasteiger partial charge in [-0.15, -0.1) is 0 Å². The average Bonchev–Trinajstić information content (AvgIpc) is 2.47. The normalized spacial score (nSPS) is 37.2. The molecule has 0 heterocycles. The van der Waals surface area contributed by atoms with Crippen LogP contribution in [0.25, 0.3) is 0 Å². The Kier molecular flexibility index (Phi) is 7.50. The quantitative estimate of drug-likeness (QED) is 0.469. The fourth-order valence-corrected chi connectivity index (χ4v) is 2.95. The van der Waals surface area contributed by atoms with Crippen molar-refractivity contribution in [2.45, 2.75) is 38.5 Å². The predicted molar refractivity (Wildman–Crippen MR) is 47.8 cm³/mol. The minimum Gasteiger partial charge on any atom is -0.345 e. The summed E-state index contributed by atoms with van der Waals surface area (Å²) in [6.07, 6.45) is 11.0. The molecule has 0 spiro atoms. The standard InChI is InChI=1S/C11H18.2W/c1-2-9-7-8-10-5-3-4-6-11(9)10;;/h7,9-11H,1-6,8H2;;/q-2;;+2. The molecular weight excluding hydrogens is 500 g/mol. The zero-order valence-electron chi connectivity index (χ0n) is 8.08. The van der Waals surface area contributed by atoms with Crippen LogP contribution in [0.15, 0.2) is 0 Å². The largest absolute Gasteiger partial charge is 2.00 e. The van der Waals surface area contributed by atoms with E-state index in [4.69, 9.17) is 0 Å². The van der Waals surface area contributed by atoms with Gasteiger partial charge in [0.2, 0.25) is 0 Å². The van der Waals surface area contributed by atoms with E-state index in [1.165, 1.54) is 32.1 Å². The zero-order chi connectivity index (χ0) is 7.68. The van der Waals surface area contributed by atoms with Gasteiger partial charge in [0.25, 0.3) is 0 Å². The van der Waals surface area contributed by atoms with Gasteiger partial charge in [-0.25, -0.2) is 6.42 Å². The first-order chi connectivity index (χ1) is 5.42. The smallest absolute Gasteiger partial charge is 0.345 e. The molecule has 3 unspecified atom stereocenters. The van der Waals surface area contributed by atoms with Crippen molar-refractivity contribution in [2.75, 3.05) is 0 Å². The molecule has 0 N–H and O–H groups in total. The van der Waals surface area contributed by atoms with Crippen molar-refractivity contribution in [2.24, 2.45) is 17.8 Å². The molecule has 2 fully saturated rings. The van der Waals surface area contributed by atoms with Crippen molar-refractivity contribution in [3.8, 4) is 0 Å². The molecule has 0 radical (unpaired) electrons. The van der Waals surface area contributed by atoms with Gasteiger partial charge in [0.05, 0.1) is 0 Å². The second kappa shape index (κ2) is 6.79. The van der Waals surface area contributed by atoms with Crippen LogP contribution in [0.4, 0.5) is 0 Å². The molecule has 0 aromatic rings. The third kappa shape index (κ3) is 3.17. The van der Waals surface area contributed by atoms with E-state index in [-0.39, 0.29) is 42.1 Å². The van der Waals surface area contributed by atoms with E-state index >= 15 is 0 Å². The number of rotatable bonds is 1. The maximum absolute atomic E-state index is 4.03. The summed E-state index contributed by atoms with van der Waals surface area (Å²) in [6, 6.07) is 0. The minimum atomic E-state index is 0. The molecular formula is C11H18W2. The first-order valence-corrected chi connectivity index (χ1v) is 5.04. The molecule has 0 aromatic carbocycles. The van der Waals surface area contributed by atoms with E-state index in [2.05, 4.69) is 13.3 Å². The van der Waals surface area contributed by atoms with Gasteiger partial charge in [0.15, 0.2) is 0 Å². The second-order valence-corrected chi connectivity index (χ2v) is 4.13. The monoisotopic (exact) mass is 518 g/mol. The van der Waals surface area contributed by atoms with Crippen LogP contribution < -0.4 is 0 Å². The van der Waals surface area contributed by atoms with Gasteiger partial charge in [-0.2, -0.15) is 12.3 Å². The predicted octanol–water partition coefficient (Wildman–Crippen LogP) is 3.24. The molecule has 2 aliphatic rings. The maximum atomic E-state index is 4.03. The van der Waals surface area contributed by atoms with E-state index in [1.807, 2.05) is 0 Å². The third-order valence-electron chi connectivity index (χ3n) is 3.59. The number of hydrogen-bond donors (Lipinski definition) is 0. The number of hydrogen-bond acceptors (Lipinski definition) is 0. The van der Waals surface area contributed by atoms with Crippen LogP contribution in [0.1, 0.15) is 38.5 Å². The van der Waals surface area contributed by atoms with Crippen molar-refractivity contribution in [1.82, 2.24) is 0 Å². The molecule has 74 valence electrons. The van der Waals surface area contributed by atoms with Crippen LogP contribution in [0.3, 0.4) is 0 Å². The van der Waals surface area contributed by atoms with Gasteiger partial charge in [-0.3, -0.25) is 0 Å².